The lowest BCUT2D eigenvalue weighted by Crippen LogP contribution is -2.36. The van der Waals surface area contributed by atoms with E-state index in [4.69, 9.17) is 4.55 Å². The minimum atomic E-state index is -4.17. The molecule has 5 nitrogen and oxygen atoms in total. The maximum absolute atomic E-state index is 11.5. The fraction of sp³-hybridized carbons (Fsp3) is 0.667. The molecule has 0 unspecified atom stereocenters. The van der Waals surface area contributed by atoms with E-state index in [0.717, 1.165) is 11.3 Å². The monoisotopic (exact) mass is 235 g/mol. The van der Waals surface area contributed by atoms with Gasteiger partial charge >= 0.3 is 0 Å². The SMILES string of the molecule is C=C(C)C(=O)N(CCCC)CS(=O)(=O)O. The smallest absolute Gasteiger partial charge is 0.283 e. The van der Waals surface area contributed by atoms with Crippen molar-refractivity contribution < 1.29 is 17.8 Å². The molecule has 0 aromatic carbocycles. The third-order valence-electron chi connectivity index (χ3n) is 1.75. The molecule has 88 valence electrons. The van der Waals surface area contributed by atoms with Gasteiger partial charge < -0.3 is 4.90 Å². The van der Waals surface area contributed by atoms with Crippen LogP contribution in [0.3, 0.4) is 0 Å². The topological polar surface area (TPSA) is 74.7 Å². The number of unbranched alkanes of at least 4 members (excludes halogenated alkanes) is 1. The molecular formula is C9H17NO4S. The zero-order valence-corrected chi connectivity index (χ0v) is 9.88. The first-order valence-electron chi connectivity index (χ1n) is 4.68. The number of hydrogen-bond acceptors (Lipinski definition) is 3. The van der Waals surface area contributed by atoms with Crippen molar-refractivity contribution in [3.8, 4) is 0 Å². The zero-order valence-electron chi connectivity index (χ0n) is 9.06. The number of amides is 1. The summed E-state index contributed by atoms with van der Waals surface area (Å²) in [5, 5.41) is 0. The molecule has 0 bridgehead atoms. The maximum atomic E-state index is 11.5. The summed E-state index contributed by atoms with van der Waals surface area (Å²) >= 11 is 0. The molecule has 0 saturated heterocycles. The van der Waals surface area contributed by atoms with Crippen LogP contribution in [-0.4, -0.2) is 36.2 Å². The van der Waals surface area contributed by atoms with Gasteiger partial charge in [-0.15, -0.1) is 0 Å². The van der Waals surface area contributed by atoms with E-state index >= 15 is 0 Å². The Morgan fingerprint density at radius 3 is 2.33 bits per heavy atom. The maximum Gasteiger partial charge on any atom is 0.283 e. The van der Waals surface area contributed by atoms with Crippen LogP contribution in [0.15, 0.2) is 12.2 Å². The second-order valence-corrected chi connectivity index (χ2v) is 4.84. The van der Waals surface area contributed by atoms with E-state index < -0.39 is 21.9 Å². The molecule has 0 saturated carbocycles. The van der Waals surface area contributed by atoms with Crippen LogP contribution >= 0.6 is 0 Å². The van der Waals surface area contributed by atoms with Crippen molar-refractivity contribution in [2.75, 3.05) is 12.4 Å². The van der Waals surface area contributed by atoms with E-state index in [1.165, 1.54) is 6.92 Å². The van der Waals surface area contributed by atoms with Crippen LogP contribution in [0.25, 0.3) is 0 Å². The molecule has 0 atom stereocenters. The summed E-state index contributed by atoms with van der Waals surface area (Å²) in [5.41, 5.74) is 0.259. The highest BCUT2D eigenvalue weighted by atomic mass is 32.2. The van der Waals surface area contributed by atoms with E-state index in [1.54, 1.807) is 0 Å². The van der Waals surface area contributed by atoms with Crippen molar-refractivity contribution >= 4 is 16.0 Å². The Hall–Kier alpha value is -0.880. The highest BCUT2D eigenvalue weighted by Gasteiger charge is 2.19. The summed E-state index contributed by atoms with van der Waals surface area (Å²) in [4.78, 5) is 12.6. The first-order chi connectivity index (χ1) is 6.78. The summed E-state index contributed by atoms with van der Waals surface area (Å²) in [6, 6.07) is 0. The normalized spacial score (nSPS) is 11.1. The van der Waals surface area contributed by atoms with Gasteiger partial charge in [0.2, 0.25) is 5.91 Å². The van der Waals surface area contributed by atoms with Crippen molar-refractivity contribution in [3.63, 3.8) is 0 Å². The molecule has 0 aliphatic rings. The zero-order chi connectivity index (χ0) is 12.1. The van der Waals surface area contributed by atoms with E-state index in [9.17, 15) is 13.2 Å². The highest BCUT2D eigenvalue weighted by molar-refractivity contribution is 7.85. The van der Waals surface area contributed by atoms with Crippen LogP contribution in [-0.2, 0) is 14.9 Å². The molecule has 0 aliphatic carbocycles. The molecule has 0 radical (unpaired) electrons. The molecule has 1 N–H and O–H groups in total. The molecule has 1 amide bonds. The Balaban J connectivity index is 4.58. The van der Waals surface area contributed by atoms with Crippen molar-refractivity contribution in [2.24, 2.45) is 0 Å². The highest BCUT2D eigenvalue weighted by Crippen LogP contribution is 2.03. The van der Waals surface area contributed by atoms with E-state index in [0.29, 0.717) is 13.0 Å². The van der Waals surface area contributed by atoms with Crippen LogP contribution in [0, 0.1) is 0 Å². The average molecular weight is 235 g/mol. The van der Waals surface area contributed by atoms with Crippen molar-refractivity contribution in [1.29, 1.82) is 0 Å². The summed E-state index contributed by atoms with van der Waals surface area (Å²) < 4.78 is 30.0. The molecule has 15 heavy (non-hydrogen) atoms. The molecule has 0 aromatic rings. The molecule has 0 heterocycles. The predicted octanol–water partition coefficient (Wildman–Crippen LogP) is 1.04. The van der Waals surface area contributed by atoms with Crippen molar-refractivity contribution in [2.45, 2.75) is 26.7 Å². The second-order valence-electron chi connectivity index (χ2n) is 3.41. The number of nitrogens with zero attached hydrogens (tertiary/aromatic N) is 1. The average Bonchev–Trinajstić information content (AvgIpc) is 2.09. The molecule has 0 spiro atoms. The Bertz CT molecular complexity index is 334. The van der Waals surface area contributed by atoms with Gasteiger partial charge in [0.15, 0.2) is 0 Å². The van der Waals surface area contributed by atoms with Gasteiger partial charge in [0.05, 0.1) is 0 Å². The minimum absolute atomic E-state index is 0.259. The summed E-state index contributed by atoms with van der Waals surface area (Å²) in [6.45, 7) is 7.19. The first-order valence-corrected chi connectivity index (χ1v) is 6.28. The van der Waals surface area contributed by atoms with Gasteiger partial charge in [-0.25, -0.2) is 0 Å². The van der Waals surface area contributed by atoms with Crippen LogP contribution in [0.1, 0.15) is 26.7 Å². The van der Waals surface area contributed by atoms with Gasteiger partial charge in [0.25, 0.3) is 10.1 Å². The lowest BCUT2D eigenvalue weighted by molar-refractivity contribution is -0.126. The fourth-order valence-corrected chi connectivity index (χ4v) is 1.68. The van der Waals surface area contributed by atoms with E-state index in [1.807, 2.05) is 6.92 Å². The van der Waals surface area contributed by atoms with Crippen LogP contribution in [0.5, 0.6) is 0 Å². The molecule has 0 aromatic heterocycles. The predicted molar refractivity (Wildman–Crippen MR) is 57.9 cm³/mol. The number of rotatable bonds is 6. The Morgan fingerprint density at radius 1 is 1.47 bits per heavy atom. The lowest BCUT2D eigenvalue weighted by atomic mass is 10.2. The van der Waals surface area contributed by atoms with Crippen molar-refractivity contribution in [1.82, 2.24) is 4.90 Å². The van der Waals surface area contributed by atoms with Crippen LogP contribution in [0.4, 0.5) is 0 Å². The largest absolute Gasteiger partial charge is 0.322 e. The Morgan fingerprint density at radius 2 is 2.00 bits per heavy atom. The summed E-state index contributed by atoms with van der Waals surface area (Å²) in [5.74, 6) is -1.11. The number of carbonyl (C=O) groups is 1. The Labute approximate surface area is 90.5 Å². The number of carbonyl (C=O) groups excluding carboxylic acids is 1. The molecule has 0 rings (SSSR count). The van der Waals surface area contributed by atoms with Crippen LogP contribution in [0.2, 0.25) is 0 Å². The lowest BCUT2D eigenvalue weighted by Gasteiger charge is -2.20. The van der Waals surface area contributed by atoms with Crippen molar-refractivity contribution in [3.05, 3.63) is 12.2 Å². The standard InChI is InChI=1S/C9H17NO4S/c1-4-5-6-10(7-15(12,13)14)9(11)8(2)3/h2,4-7H2,1,3H3,(H,12,13,14). The Kier molecular flexibility index (Phi) is 5.53. The first kappa shape index (κ1) is 14.1. The van der Waals surface area contributed by atoms with Gasteiger partial charge in [0.1, 0.15) is 5.88 Å². The molecule has 0 aliphatic heterocycles. The third-order valence-corrected chi connectivity index (χ3v) is 2.39. The second kappa shape index (κ2) is 5.87. The van der Waals surface area contributed by atoms with E-state index in [2.05, 4.69) is 6.58 Å². The summed E-state index contributed by atoms with van der Waals surface area (Å²) in [7, 11) is -4.17. The fourth-order valence-electron chi connectivity index (χ4n) is 1.04. The molecule has 6 heteroatoms. The minimum Gasteiger partial charge on any atom is -0.322 e. The van der Waals surface area contributed by atoms with Gasteiger partial charge in [0, 0.05) is 12.1 Å². The van der Waals surface area contributed by atoms with Gasteiger partial charge in [-0.3, -0.25) is 9.35 Å². The quantitative estimate of drug-likeness (QED) is 0.551. The number of hydrogen-bond donors (Lipinski definition) is 1. The third kappa shape index (κ3) is 6.24. The van der Waals surface area contributed by atoms with E-state index in [-0.39, 0.29) is 5.57 Å². The van der Waals surface area contributed by atoms with Gasteiger partial charge in [-0.05, 0) is 13.3 Å². The molecule has 0 fully saturated rings. The van der Waals surface area contributed by atoms with Gasteiger partial charge in [-0.1, -0.05) is 19.9 Å². The van der Waals surface area contributed by atoms with Crippen LogP contribution < -0.4 is 0 Å². The molecular weight excluding hydrogens is 218 g/mol. The van der Waals surface area contributed by atoms with Gasteiger partial charge in [-0.2, -0.15) is 8.42 Å². The summed E-state index contributed by atoms with van der Waals surface area (Å²) in [6.07, 6.45) is 1.53.